The first-order valence-electron chi connectivity index (χ1n) is 15.2. The third-order valence-electron chi connectivity index (χ3n) is 8.07. The van der Waals surface area contributed by atoms with Crippen molar-refractivity contribution in [1.82, 2.24) is 4.98 Å². The first kappa shape index (κ1) is 30.2. The fourth-order valence-corrected chi connectivity index (χ4v) is 5.78. The number of rotatable bonds is 9. The molecule has 0 aliphatic heterocycles. The Labute approximate surface area is 269 Å². The van der Waals surface area contributed by atoms with Crippen LogP contribution in [0, 0.1) is 0 Å². The van der Waals surface area contributed by atoms with Crippen LogP contribution in [0.25, 0.3) is 23.1 Å². The van der Waals surface area contributed by atoms with Gasteiger partial charge in [0, 0.05) is 36.5 Å². The van der Waals surface area contributed by atoms with Gasteiger partial charge in [0.15, 0.2) is 5.75 Å². The van der Waals surface area contributed by atoms with Crippen LogP contribution in [0.5, 0.6) is 5.75 Å². The molecule has 0 bridgehead atoms. The smallest absolute Gasteiger partial charge is 0.340 e. The maximum absolute atomic E-state index is 12.2. The minimum absolute atomic E-state index is 0.148. The fraction of sp³-hybridized carbons (Fsp3) is 0.100. The lowest BCUT2D eigenvalue weighted by molar-refractivity contribution is 0.0696. The van der Waals surface area contributed by atoms with Crippen LogP contribution < -0.4 is 9.80 Å². The highest BCUT2D eigenvalue weighted by atomic mass is 16.4. The Hall–Kier alpha value is -5.88. The van der Waals surface area contributed by atoms with Gasteiger partial charge in [0.1, 0.15) is 11.3 Å². The predicted molar refractivity (Wildman–Crippen MR) is 189 cm³/mol. The van der Waals surface area contributed by atoms with Gasteiger partial charge in [-0.05, 0) is 78.1 Å². The van der Waals surface area contributed by atoms with Crippen molar-refractivity contribution < 1.29 is 15.0 Å². The lowest BCUT2D eigenvalue weighted by Crippen LogP contribution is -2.17. The fourth-order valence-electron chi connectivity index (χ4n) is 5.78. The van der Waals surface area contributed by atoms with Crippen LogP contribution in [-0.2, 0) is 0 Å². The predicted octanol–water partition coefficient (Wildman–Crippen LogP) is 9.24. The molecule has 2 N–H and O–H groups in total. The average molecular weight is 606 g/mol. The first-order chi connectivity index (χ1) is 22.4. The number of para-hydroxylation sites is 3. The monoisotopic (exact) mass is 605 g/mol. The van der Waals surface area contributed by atoms with Crippen molar-refractivity contribution >= 4 is 46.1 Å². The molecule has 0 fully saturated rings. The third-order valence-corrected chi connectivity index (χ3v) is 8.07. The molecule has 0 spiro atoms. The van der Waals surface area contributed by atoms with Crippen molar-refractivity contribution in [2.45, 2.75) is 12.8 Å². The number of aromatic hydroxyl groups is 1. The minimum Gasteiger partial charge on any atom is -0.505 e. The average Bonchev–Trinajstić information content (AvgIpc) is 3.46. The Morgan fingerprint density at radius 1 is 0.739 bits per heavy atom. The van der Waals surface area contributed by atoms with E-state index in [-0.39, 0.29) is 17.0 Å². The van der Waals surface area contributed by atoms with E-state index in [4.69, 9.17) is 0 Å². The molecule has 6 rings (SSSR count). The van der Waals surface area contributed by atoms with Gasteiger partial charge < -0.3 is 20.0 Å². The Morgan fingerprint density at radius 2 is 1.37 bits per heavy atom. The maximum atomic E-state index is 12.2. The molecular formula is C40H35N3O3. The summed E-state index contributed by atoms with van der Waals surface area (Å²) in [6, 6.07) is 35.9. The number of aromatic nitrogens is 1. The zero-order valence-electron chi connectivity index (χ0n) is 25.8. The summed E-state index contributed by atoms with van der Waals surface area (Å²) in [5, 5.41) is 21.4. The molecule has 0 saturated carbocycles. The molecule has 1 aromatic heterocycles. The van der Waals surface area contributed by atoms with E-state index in [9.17, 15) is 15.0 Å². The van der Waals surface area contributed by atoms with Gasteiger partial charge in [-0.1, -0.05) is 91.0 Å². The van der Waals surface area contributed by atoms with Crippen LogP contribution in [0.15, 0.2) is 144 Å². The zero-order valence-corrected chi connectivity index (χ0v) is 25.8. The summed E-state index contributed by atoms with van der Waals surface area (Å²) in [7, 11) is 4.06. The molecule has 1 heterocycles. The van der Waals surface area contributed by atoms with Crippen molar-refractivity contribution in [3.63, 3.8) is 0 Å². The van der Waals surface area contributed by atoms with Crippen LogP contribution >= 0.6 is 0 Å². The standard InChI is InChI=1S/C40H35N3O3/c1-42(2)31-25-20-28(21-26-31)12-11-13-29-22-23-30(38(29)43(32-14-5-3-6-15-32)33-16-7-4-8-17-33)24-27-36-39(44)37(40(45)46)34-18-9-10-19-35(34)41-36/h3-21,24-27,44H,22-23H2,1-2H3,(H,45,46)/b12-11+,27-24+,29-13+. The van der Waals surface area contributed by atoms with Crippen molar-refractivity contribution in [3.05, 3.63) is 161 Å². The SMILES string of the molecule is CN(C)c1ccc(/C=C/C=C2\CCC(/C=C/c3nc4ccccc4c(C(=O)O)c3O)=C2N(c2ccccc2)c2ccccc2)cc1. The van der Waals surface area contributed by atoms with Gasteiger partial charge in [0.2, 0.25) is 0 Å². The van der Waals surface area contributed by atoms with Crippen LogP contribution in [-0.4, -0.2) is 35.3 Å². The largest absolute Gasteiger partial charge is 0.505 e. The van der Waals surface area contributed by atoms with Gasteiger partial charge >= 0.3 is 5.97 Å². The summed E-state index contributed by atoms with van der Waals surface area (Å²) >= 11 is 0. The molecule has 1 aliphatic rings. The van der Waals surface area contributed by atoms with E-state index in [0.29, 0.717) is 10.9 Å². The lowest BCUT2D eigenvalue weighted by atomic mass is 10.0. The molecule has 6 heteroatoms. The van der Waals surface area contributed by atoms with E-state index in [1.807, 2.05) is 62.6 Å². The zero-order chi connectivity index (χ0) is 32.0. The number of allylic oxidation sites excluding steroid dienone is 5. The quantitative estimate of drug-likeness (QED) is 0.174. The second-order valence-corrected chi connectivity index (χ2v) is 11.3. The molecule has 0 amide bonds. The molecule has 228 valence electrons. The summed E-state index contributed by atoms with van der Waals surface area (Å²) < 4.78 is 0. The number of carboxylic acid groups (broad SMARTS) is 1. The molecule has 0 radical (unpaired) electrons. The number of anilines is 3. The summed E-state index contributed by atoms with van der Waals surface area (Å²) in [6.07, 6.45) is 11.6. The number of pyridine rings is 1. The van der Waals surface area contributed by atoms with E-state index in [1.165, 1.54) is 0 Å². The second kappa shape index (κ2) is 13.4. The highest BCUT2D eigenvalue weighted by Gasteiger charge is 2.26. The molecule has 0 saturated heterocycles. The lowest BCUT2D eigenvalue weighted by Gasteiger charge is -2.28. The number of nitrogens with zero attached hydrogens (tertiary/aromatic N) is 3. The summed E-state index contributed by atoms with van der Waals surface area (Å²) in [5.41, 5.74) is 8.13. The Bertz CT molecular complexity index is 1950. The Kier molecular flexibility index (Phi) is 8.79. The number of hydrogen-bond donors (Lipinski definition) is 2. The van der Waals surface area contributed by atoms with Crippen LogP contribution in [0.2, 0.25) is 0 Å². The highest BCUT2D eigenvalue weighted by Crippen LogP contribution is 2.42. The molecule has 0 unspecified atom stereocenters. The van der Waals surface area contributed by atoms with Crippen LogP contribution in [0.4, 0.5) is 17.1 Å². The van der Waals surface area contributed by atoms with E-state index in [1.54, 1.807) is 24.3 Å². The Balaban J connectivity index is 1.47. The molecule has 46 heavy (non-hydrogen) atoms. The van der Waals surface area contributed by atoms with E-state index >= 15 is 0 Å². The molecule has 6 nitrogen and oxygen atoms in total. The highest BCUT2D eigenvalue weighted by molar-refractivity contribution is 6.06. The van der Waals surface area contributed by atoms with Crippen molar-refractivity contribution in [1.29, 1.82) is 0 Å². The number of fused-ring (bicyclic) bond motifs is 1. The van der Waals surface area contributed by atoms with E-state index < -0.39 is 5.97 Å². The number of benzene rings is 4. The van der Waals surface area contributed by atoms with Crippen LogP contribution in [0.3, 0.4) is 0 Å². The van der Waals surface area contributed by atoms with E-state index in [2.05, 4.69) is 81.5 Å². The van der Waals surface area contributed by atoms with Crippen molar-refractivity contribution in [3.8, 4) is 5.75 Å². The molecular weight excluding hydrogens is 570 g/mol. The topological polar surface area (TPSA) is 76.9 Å². The summed E-state index contributed by atoms with van der Waals surface area (Å²) in [5.74, 6) is -1.54. The normalized spacial score (nSPS) is 14.2. The Morgan fingerprint density at radius 3 is 2.00 bits per heavy atom. The minimum atomic E-state index is -1.20. The maximum Gasteiger partial charge on any atom is 0.340 e. The molecule has 4 aromatic carbocycles. The van der Waals surface area contributed by atoms with Crippen molar-refractivity contribution in [2.24, 2.45) is 0 Å². The number of carboxylic acids is 1. The van der Waals surface area contributed by atoms with Crippen molar-refractivity contribution in [2.75, 3.05) is 23.9 Å². The molecule has 0 atom stereocenters. The number of hydrogen-bond acceptors (Lipinski definition) is 5. The van der Waals surface area contributed by atoms with Gasteiger partial charge in [-0.25, -0.2) is 9.78 Å². The first-order valence-corrected chi connectivity index (χ1v) is 15.2. The third kappa shape index (κ3) is 6.33. The summed E-state index contributed by atoms with van der Waals surface area (Å²) in [6.45, 7) is 0. The van der Waals surface area contributed by atoms with Gasteiger partial charge in [-0.15, -0.1) is 0 Å². The van der Waals surface area contributed by atoms with Gasteiger partial charge in [-0.2, -0.15) is 0 Å². The molecule has 5 aromatic rings. The molecule has 1 aliphatic carbocycles. The van der Waals surface area contributed by atoms with Gasteiger partial charge in [0.05, 0.1) is 11.2 Å². The van der Waals surface area contributed by atoms with Crippen LogP contribution in [0.1, 0.15) is 34.5 Å². The van der Waals surface area contributed by atoms with E-state index in [0.717, 1.165) is 52.3 Å². The van der Waals surface area contributed by atoms with Gasteiger partial charge in [0.25, 0.3) is 0 Å². The second-order valence-electron chi connectivity index (χ2n) is 11.3. The van der Waals surface area contributed by atoms with Gasteiger partial charge in [-0.3, -0.25) is 0 Å². The number of carbonyl (C=O) groups is 1. The summed E-state index contributed by atoms with van der Waals surface area (Å²) in [4.78, 5) is 21.1. The number of aromatic carboxylic acids is 1.